The van der Waals surface area contributed by atoms with E-state index in [1.807, 2.05) is 11.6 Å². The maximum absolute atomic E-state index is 11.3. The zero-order chi connectivity index (χ0) is 19.6. The van der Waals surface area contributed by atoms with Crippen LogP contribution in [0.5, 0.6) is 0 Å². The summed E-state index contributed by atoms with van der Waals surface area (Å²) >= 11 is 0. The van der Waals surface area contributed by atoms with Crippen LogP contribution in [0.15, 0.2) is 24.3 Å². The first-order valence-electron chi connectivity index (χ1n) is 9.42. The molecule has 1 aromatic carbocycles. The minimum atomic E-state index is -0.467. The first-order chi connectivity index (χ1) is 12.9. The number of nitrogens with one attached hydrogen (secondary N) is 2. The van der Waals surface area contributed by atoms with Crippen LogP contribution in [-0.4, -0.2) is 44.0 Å². The molecule has 27 heavy (non-hydrogen) atoms. The molecule has 1 amide bonds. The van der Waals surface area contributed by atoms with Gasteiger partial charge in [0.2, 0.25) is 5.91 Å². The lowest BCUT2D eigenvalue weighted by Gasteiger charge is -2.18. The van der Waals surface area contributed by atoms with Gasteiger partial charge in [-0.15, -0.1) is 0 Å². The number of aromatic nitrogens is 3. The molecule has 146 valence electrons. The Morgan fingerprint density at radius 1 is 1.26 bits per heavy atom. The largest absolute Gasteiger partial charge is 0.391 e. The molecule has 5 N–H and O–H groups in total. The van der Waals surface area contributed by atoms with Crippen LogP contribution in [0.2, 0.25) is 0 Å². The fourth-order valence-corrected chi connectivity index (χ4v) is 3.38. The molecule has 2 aromatic rings. The van der Waals surface area contributed by atoms with E-state index in [9.17, 15) is 9.90 Å². The van der Waals surface area contributed by atoms with Gasteiger partial charge in [0.15, 0.2) is 5.82 Å². The van der Waals surface area contributed by atoms with E-state index >= 15 is 0 Å². The molecule has 0 spiro atoms. The molecule has 1 fully saturated rings. The molecule has 8 nitrogen and oxygen atoms in total. The highest BCUT2D eigenvalue weighted by atomic mass is 16.3. The van der Waals surface area contributed by atoms with Gasteiger partial charge in [0.05, 0.1) is 12.6 Å². The van der Waals surface area contributed by atoms with Gasteiger partial charge in [-0.1, -0.05) is 19.1 Å². The summed E-state index contributed by atoms with van der Waals surface area (Å²) in [6.07, 6.45) is 0.942. The number of rotatable bonds is 7. The maximum atomic E-state index is 11.3. The highest BCUT2D eigenvalue weighted by molar-refractivity contribution is 5.93. The molecule has 3 atom stereocenters. The molecule has 8 heteroatoms. The fourth-order valence-electron chi connectivity index (χ4n) is 3.38. The molecule has 2 heterocycles. The minimum Gasteiger partial charge on any atom is -0.391 e. The predicted molar refractivity (Wildman–Crippen MR) is 103 cm³/mol. The minimum absolute atomic E-state index is 0.319. The van der Waals surface area contributed by atoms with Gasteiger partial charge in [-0.2, -0.15) is 5.10 Å². The number of nitrogens with zero attached hydrogens (tertiary/aromatic N) is 3. The topological polar surface area (TPSA) is 118 Å². The summed E-state index contributed by atoms with van der Waals surface area (Å²) in [5, 5.41) is 14.7. The van der Waals surface area contributed by atoms with Crippen LogP contribution >= 0.6 is 0 Å². The van der Waals surface area contributed by atoms with Crippen molar-refractivity contribution in [3.8, 4) is 11.4 Å². The lowest BCUT2D eigenvalue weighted by Crippen LogP contribution is -2.30. The number of benzene rings is 1. The van der Waals surface area contributed by atoms with Crippen LogP contribution in [0.4, 0.5) is 0 Å². The van der Waals surface area contributed by atoms with Gasteiger partial charge in [0, 0.05) is 29.6 Å². The first kappa shape index (κ1) is 19.5. The summed E-state index contributed by atoms with van der Waals surface area (Å²) in [4.78, 5) is 16.0. The zero-order valence-electron chi connectivity index (χ0n) is 16.0. The van der Waals surface area contributed by atoms with Gasteiger partial charge in [-0.25, -0.2) is 9.67 Å². The van der Waals surface area contributed by atoms with E-state index in [0.717, 1.165) is 17.8 Å². The molecule has 0 radical (unpaired) electrons. The van der Waals surface area contributed by atoms with E-state index < -0.39 is 12.0 Å². The van der Waals surface area contributed by atoms with Gasteiger partial charge in [-0.3, -0.25) is 15.6 Å². The highest BCUT2D eigenvalue weighted by Crippen LogP contribution is 2.22. The Hall–Kier alpha value is -2.29. The van der Waals surface area contributed by atoms with E-state index in [4.69, 9.17) is 10.7 Å². The number of aliphatic hydroxyl groups excluding tert-OH is 1. The molecule has 3 rings (SSSR count). The number of carbonyl (C=O) groups excluding carboxylic acids is 1. The molecule has 1 saturated heterocycles. The Bertz CT molecular complexity index is 778. The summed E-state index contributed by atoms with van der Waals surface area (Å²) in [7, 11) is 0. The molecular weight excluding hydrogens is 344 g/mol. The van der Waals surface area contributed by atoms with Crippen LogP contribution < -0.4 is 16.6 Å². The molecule has 0 saturated carbocycles. The van der Waals surface area contributed by atoms with Crippen molar-refractivity contribution in [3.05, 3.63) is 35.7 Å². The van der Waals surface area contributed by atoms with Crippen molar-refractivity contribution < 1.29 is 9.90 Å². The van der Waals surface area contributed by atoms with Gasteiger partial charge < -0.3 is 10.8 Å². The molecule has 1 aliphatic heterocycles. The van der Waals surface area contributed by atoms with Gasteiger partial charge in [-0.05, 0) is 38.3 Å². The average Bonchev–Trinajstić information content (AvgIpc) is 3.20. The average molecular weight is 372 g/mol. The Balaban J connectivity index is 1.90. The van der Waals surface area contributed by atoms with E-state index in [0.29, 0.717) is 42.4 Å². The lowest BCUT2D eigenvalue weighted by atomic mass is 9.93. The molecule has 1 aromatic heterocycles. The number of aliphatic hydroxyl groups is 1. The van der Waals surface area contributed by atoms with Crippen LogP contribution in [0.1, 0.15) is 43.4 Å². The summed E-state index contributed by atoms with van der Waals surface area (Å²) in [5.74, 6) is 1.35. The summed E-state index contributed by atoms with van der Waals surface area (Å²) in [6.45, 7) is 6.65. The van der Waals surface area contributed by atoms with Crippen molar-refractivity contribution in [1.29, 1.82) is 0 Å². The lowest BCUT2D eigenvalue weighted by molar-refractivity contribution is 0.1000. The van der Waals surface area contributed by atoms with Gasteiger partial charge >= 0.3 is 0 Å². The van der Waals surface area contributed by atoms with Crippen molar-refractivity contribution in [1.82, 2.24) is 25.6 Å². The SMILES string of the molecule is CCC(O)Cn1nc(-c2ccc(C(N)=O)cc2)nc1CC1C(C)NNC1C. The molecule has 1 aliphatic rings. The Morgan fingerprint density at radius 3 is 2.44 bits per heavy atom. The normalized spacial score (nSPS) is 23.5. The third-order valence-corrected chi connectivity index (χ3v) is 5.27. The van der Waals surface area contributed by atoms with Crippen molar-refractivity contribution in [3.63, 3.8) is 0 Å². The zero-order valence-corrected chi connectivity index (χ0v) is 16.0. The van der Waals surface area contributed by atoms with Gasteiger partial charge in [0.25, 0.3) is 0 Å². The van der Waals surface area contributed by atoms with E-state index in [1.165, 1.54) is 0 Å². The van der Waals surface area contributed by atoms with Crippen molar-refractivity contribution in [2.75, 3.05) is 0 Å². The number of nitrogens with two attached hydrogens (primary N) is 1. The number of hydrazine groups is 1. The predicted octanol–water partition coefficient (Wildman–Crippen LogP) is 0.858. The second kappa shape index (κ2) is 8.16. The second-order valence-corrected chi connectivity index (χ2v) is 7.27. The van der Waals surface area contributed by atoms with Crippen LogP contribution in [-0.2, 0) is 13.0 Å². The monoisotopic (exact) mass is 372 g/mol. The third kappa shape index (κ3) is 4.35. The summed E-state index contributed by atoms with van der Waals surface area (Å²) in [6, 6.07) is 7.58. The number of hydrogen-bond acceptors (Lipinski definition) is 6. The maximum Gasteiger partial charge on any atom is 0.248 e. The van der Waals surface area contributed by atoms with Crippen molar-refractivity contribution in [2.45, 2.75) is 58.3 Å². The molecule has 0 bridgehead atoms. The van der Waals surface area contributed by atoms with Gasteiger partial charge in [0.1, 0.15) is 5.82 Å². The van der Waals surface area contributed by atoms with Crippen LogP contribution in [0.25, 0.3) is 11.4 Å². The third-order valence-electron chi connectivity index (χ3n) is 5.27. The smallest absolute Gasteiger partial charge is 0.248 e. The van der Waals surface area contributed by atoms with E-state index in [1.54, 1.807) is 24.3 Å². The van der Waals surface area contributed by atoms with E-state index in [-0.39, 0.29) is 0 Å². The standard InChI is InChI=1S/C19H28N6O2/c1-4-15(26)10-25-17(9-16-11(2)22-23-12(16)3)21-19(24-25)14-7-5-13(6-8-14)18(20)27/h5-8,11-12,15-16,22-23,26H,4,9-10H2,1-3H3,(H2,20,27). The van der Waals surface area contributed by atoms with Crippen molar-refractivity contribution in [2.24, 2.45) is 11.7 Å². The summed E-state index contributed by atoms with van der Waals surface area (Å²) < 4.78 is 1.81. The van der Waals surface area contributed by atoms with Crippen LogP contribution in [0, 0.1) is 5.92 Å². The number of carbonyl (C=O) groups is 1. The van der Waals surface area contributed by atoms with Crippen molar-refractivity contribution >= 4 is 5.91 Å². The van der Waals surface area contributed by atoms with Crippen LogP contribution in [0.3, 0.4) is 0 Å². The quantitative estimate of drug-likeness (QED) is 0.572. The molecule has 0 aliphatic carbocycles. The molecule has 3 unspecified atom stereocenters. The van der Waals surface area contributed by atoms with E-state index in [2.05, 4.69) is 29.8 Å². The number of primary amides is 1. The highest BCUT2D eigenvalue weighted by Gasteiger charge is 2.31. The number of hydrogen-bond donors (Lipinski definition) is 4. The Kier molecular flexibility index (Phi) is 5.88. The second-order valence-electron chi connectivity index (χ2n) is 7.27. The molecular formula is C19H28N6O2. The first-order valence-corrected chi connectivity index (χ1v) is 9.42. The Labute approximate surface area is 159 Å². The summed E-state index contributed by atoms with van der Waals surface area (Å²) in [5.41, 5.74) is 13.1. The Morgan fingerprint density at radius 2 is 1.89 bits per heavy atom. The number of amides is 1. The fraction of sp³-hybridized carbons (Fsp3) is 0.526.